The smallest absolute Gasteiger partial charge is 0.168 e. The molecule has 1 heterocycles. The molecule has 0 amide bonds. The van der Waals surface area contributed by atoms with Gasteiger partial charge in [-0.1, -0.05) is 39.8 Å². The molecule has 0 saturated heterocycles. The van der Waals surface area contributed by atoms with E-state index >= 15 is 0 Å². The first-order chi connectivity index (χ1) is 9.60. The number of nitrogens with zero attached hydrogens (tertiary/aromatic N) is 2. The van der Waals surface area contributed by atoms with Crippen LogP contribution in [0.1, 0.15) is 18.2 Å². The van der Waals surface area contributed by atoms with Gasteiger partial charge in [-0.15, -0.1) is 0 Å². The standard InChI is InChI=1S/C14H17BrN2O2S/c1-10(19)7-17-13(8-18)6-16-14(17)20-9-11-2-4-12(15)5-3-11/h2-6,10,18-19H,7-9H2,1H3. The minimum Gasteiger partial charge on any atom is -0.392 e. The minimum atomic E-state index is -0.471. The molecular weight excluding hydrogens is 340 g/mol. The van der Waals surface area contributed by atoms with Crippen LogP contribution in [0.4, 0.5) is 0 Å². The molecule has 20 heavy (non-hydrogen) atoms. The van der Waals surface area contributed by atoms with Crippen LogP contribution >= 0.6 is 27.7 Å². The Kier molecular flexibility index (Phi) is 5.65. The molecule has 6 heteroatoms. The van der Waals surface area contributed by atoms with Crippen LogP contribution in [0.5, 0.6) is 0 Å². The molecule has 108 valence electrons. The van der Waals surface area contributed by atoms with Crippen molar-refractivity contribution in [3.05, 3.63) is 46.2 Å². The Morgan fingerprint density at radius 2 is 2.05 bits per heavy atom. The van der Waals surface area contributed by atoms with Crippen molar-refractivity contribution >= 4 is 27.7 Å². The Bertz CT molecular complexity index is 555. The highest BCUT2D eigenvalue weighted by Crippen LogP contribution is 2.24. The molecule has 0 aliphatic rings. The maximum Gasteiger partial charge on any atom is 0.168 e. The molecule has 4 nitrogen and oxygen atoms in total. The molecule has 0 radical (unpaired) electrons. The molecule has 2 N–H and O–H groups in total. The van der Waals surface area contributed by atoms with Crippen molar-refractivity contribution in [3.63, 3.8) is 0 Å². The van der Waals surface area contributed by atoms with E-state index in [0.29, 0.717) is 6.54 Å². The number of imidazole rings is 1. The summed E-state index contributed by atoms with van der Waals surface area (Å²) >= 11 is 5.01. The van der Waals surface area contributed by atoms with E-state index in [-0.39, 0.29) is 6.61 Å². The van der Waals surface area contributed by atoms with Crippen LogP contribution < -0.4 is 0 Å². The molecule has 0 aliphatic carbocycles. The molecule has 1 aromatic carbocycles. The Morgan fingerprint density at radius 1 is 1.35 bits per heavy atom. The number of aliphatic hydroxyl groups excluding tert-OH is 2. The van der Waals surface area contributed by atoms with Gasteiger partial charge in [0.15, 0.2) is 5.16 Å². The van der Waals surface area contributed by atoms with E-state index < -0.39 is 6.10 Å². The van der Waals surface area contributed by atoms with Crippen LogP contribution in [0, 0.1) is 0 Å². The third kappa shape index (κ3) is 4.09. The fourth-order valence-corrected chi connectivity index (χ4v) is 3.05. The van der Waals surface area contributed by atoms with Gasteiger partial charge in [-0.05, 0) is 24.6 Å². The number of hydrogen-bond acceptors (Lipinski definition) is 4. The van der Waals surface area contributed by atoms with Crippen LogP contribution in [-0.4, -0.2) is 25.9 Å². The maximum absolute atomic E-state index is 9.54. The van der Waals surface area contributed by atoms with Crippen LogP contribution in [-0.2, 0) is 18.9 Å². The van der Waals surface area contributed by atoms with Gasteiger partial charge in [0.05, 0.1) is 31.1 Å². The van der Waals surface area contributed by atoms with E-state index in [2.05, 4.69) is 33.0 Å². The summed E-state index contributed by atoms with van der Waals surface area (Å²) in [6.07, 6.45) is 1.19. The van der Waals surface area contributed by atoms with Gasteiger partial charge in [-0.2, -0.15) is 0 Å². The second kappa shape index (κ2) is 7.26. The molecule has 2 aromatic rings. The predicted octanol–water partition coefficient (Wildman–Crippen LogP) is 2.81. The van der Waals surface area contributed by atoms with Crippen LogP contribution in [0.2, 0.25) is 0 Å². The summed E-state index contributed by atoms with van der Waals surface area (Å²) in [7, 11) is 0. The number of aliphatic hydroxyl groups is 2. The van der Waals surface area contributed by atoms with E-state index in [9.17, 15) is 10.2 Å². The molecule has 0 spiro atoms. The first kappa shape index (κ1) is 15.6. The molecule has 1 atom stereocenters. The van der Waals surface area contributed by atoms with Crippen LogP contribution in [0.3, 0.4) is 0 Å². The first-order valence-corrected chi connectivity index (χ1v) is 8.08. The summed E-state index contributed by atoms with van der Waals surface area (Å²) < 4.78 is 2.93. The zero-order valence-corrected chi connectivity index (χ0v) is 13.6. The fraction of sp³-hybridized carbons (Fsp3) is 0.357. The van der Waals surface area contributed by atoms with Gasteiger partial charge in [0.2, 0.25) is 0 Å². The minimum absolute atomic E-state index is 0.0709. The lowest BCUT2D eigenvalue weighted by Crippen LogP contribution is -2.15. The van der Waals surface area contributed by atoms with Crippen molar-refractivity contribution in [2.24, 2.45) is 0 Å². The lowest BCUT2D eigenvalue weighted by Gasteiger charge is -2.12. The SMILES string of the molecule is CC(O)Cn1c(CO)cnc1SCc1ccc(Br)cc1. The van der Waals surface area contributed by atoms with Crippen molar-refractivity contribution in [3.8, 4) is 0 Å². The molecule has 1 aromatic heterocycles. The fourth-order valence-electron chi connectivity index (χ4n) is 1.82. The van der Waals surface area contributed by atoms with E-state index in [0.717, 1.165) is 21.1 Å². The lowest BCUT2D eigenvalue weighted by atomic mass is 10.2. The van der Waals surface area contributed by atoms with Crippen molar-refractivity contribution in [2.45, 2.75) is 37.1 Å². The molecule has 0 saturated carbocycles. The Morgan fingerprint density at radius 3 is 2.65 bits per heavy atom. The summed E-state index contributed by atoms with van der Waals surface area (Å²) in [6.45, 7) is 2.10. The van der Waals surface area contributed by atoms with Gasteiger partial charge >= 0.3 is 0 Å². The zero-order valence-electron chi connectivity index (χ0n) is 11.2. The molecule has 0 fully saturated rings. The highest BCUT2D eigenvalue weighted by atomic mass is 79.9. The normalized spacial score (nSPS) is 12.6. The average Bonchev–Trinajstić information content (AvgIpc) is 2.79. The summed E-state index contributed by atoms with van der Waals surface area (Å²) in [6, 6.07) is 8.15. The van der Waals surface area contributed by atoms with Gasteiger partial charge in [-0.25, -0.2) is 4.98 Å². The highest BCUT2D eigenvalue weighted by Gasteiger charge is 2.12. The van der Waals surface area contributed by atoms with Gasteiger partial charge in [0, 0.05) is 10.2 Å². The quantitative estimate of drug-likeness (QED) is 0.781. The lowest BCUT2D eigenvalue weighted by molar-refractivity contribution is 0.165. The Labute approximate surface area is 131 Å². The molecule has 0 aliphatic heterocycles. The Balaban J connectivity index is 2.08. The number of benzene rings is 1. The van der Waals surface area contributed by atoms with Crippen LogP contribution in [0.25, 0.3) is 0 Å². The zero-order chi connectivity index (χ0) is 14.5. The van der Waals surface area contributed by atoms with Gasteiger partial charge in [0.25, 0.3) is 0 Å². The summed E-state index contributed by atoms with van der Waals surface area (Å²) in [5, 5.41) is 19.7. The first-order valence-electron chi connectivity index (χ1n) is 6.30. The van der Waals surface area contributed by atoms with Crippen molar-refractivity contribution in [1.82, 2.24) is 9.55 Å². The molecule has 2 rings (SSSR count). The number of hydrogen-bond donors (Lipinski definition) is 2. The van der Waals surface area contributed by atoms with E-state index in [1.54, 1.807) is 24.9 Å². The predicted molar refractivity (Wildman–Crippen MR) is 83.5 cm³/mol. The van der Waals surface area contributed by atoms with Gasteiger partial charge in [0.1, 0.15) is 0 Å². The summed E-state index contributed by atoms with van der Waals surface area (Å²) in [5.41, 5.74) is 1.93. The largest absolute Gasteiger partial charge is 0.392 e. The summed E-state index contributed by atoms with van der Waals surface area (Å²) in [5.74, 6) is 0.801. The number of rotatable bonds is 6. The van der Waals surface area contributed by atoms with Gasteiger partial charge in [-0.3, -0.25) is 0 Å². The van der Waals surface area contributed by atoms with E-state index in [1.807, 2.05) is 16.7 Å². The third-order valence-corrected chi connectivity index (χ3v) is 4.38. The number of aromatic nitrogens is 2. The maximum atomic E-state index is 9.54. The average molecular weight is 357 g/mol. The highest BCUT2D eigenvalue weighted by molar-refractivity contribution is 9.10. The second-order valence-electron chi connectivity index (χ2n) is 4.56. The monoisotopic (exact) mass is 356 g/mol. The van der Waals surface area contributed by atoms with E-state index in [1.165, 1.54) is 5.56 Å². The number of halogens is 1. The number of thioether (sulfide) groups is 1. The van der Waals surface area contributed by atoms with Crippen LogP contribution in [0.15, 0.2) is 40.1 Å². The molecule has 0 bridgehead atoms. The molecular formula is C14H17BrN2O2S. The third-order valence-electron chi connectivity index (χ3n) is 2.79. The topological polar surface area (TPSA) is 58.3 Å². The van der Waals surface area contributed by atoms with Crippen molar-refractivity contribution < 1.29 is 10.2 Å². The Hall–Kier alpha value is -0.820. The van der Waals surface area contributed by atoms with Gasteiger partial charge < -0.3 is 14.8 Å². The molecule has 1 unspecified atom stereocenters. The van der Waals surface area contributed by atoms with Crippen molar-refractivity contribution in [1.29, 1.82) is 0 Å². The second-order valence-corrected chi connectivity index (χ2v) is 6.42. The summed E-state index contributed by atoms with van der Waals surface area (Å²) in [4.78, 5) is 4.32. The van der Waals surface area contributed by atoms with E-state index in [4.69, 9.17) is 0 Å². The van der Waals surface area contributed by atoms with Crippen molar-refractivity contribution in [2.75, 3.05) is 0 Å².